The van der Waals surface area contributed by atoms with Gasteiger partial charge in [-0.15, -0.1) is 11.8 Å². The Morgan fingerprint density at radius 2 is 1.88 bits per heavy atom. The summed E-state index contributed by atoms with van der Waals surface area (Å²) in [6, 6.07) is 14.1. The van der Waals surface area contributed by atoms with Crippen LogP contribution in [0, 0.1) is 0 Å². The van der Waals surface area contributed by atoms with Gasteiger partial charge in [-0.3, -0.25) is 4.79 Å². The molecular weight excluding hydrogens is 337 g/mol. The third-order valence-corrected chi connectivity index (χ3v) is 4.14. The molecule has 7 heteroatoms. The summed E-state index contributed by atoms with van der Waals surface area (Å²) in [7, 11) is 0. The minimum atomic E-state index is -4.41. The number of benzene rings is 2. The summed E-state index contributed by atoms with van der Waals surface area (Å²) in [4.78, 5) is 12.9. The van der Waals surface area contributed by atoms with Crippen LogP contribution in [-0.4, -0.2) is 17.4 Å². The molecule has 2 aromatic rings. The monoisotopic (exact) mass is 352 g/mol. The lowest BCUT2D eigenvalue weighted by Crippen LogP contribution is -2.26. The van der Waals surface area contributed by atoms with Gasteiger partial charge in [0, 0.05) is 4.90 Å². The highest BCUT2D eigenvalue weighted by atomic mass is 32.2. The quantitative estimate of drug-likeness (QED) is 0.494. The molecule has 0 saturated heterocycles. The number of thioether (sulfide) groups is 1. The van der Waals surface area contributed by atoms with Gasteiger partial charge < -0.3 is 0 Å². The van der Waals surface area contributed by atoms with Gasteiger partial charge in [-0.05, 0) is 36.8 Å². The fourth-order valence-electron chi connectivity index (χ4n) is 1.81. The SMILES string of the molecule is C[C@@H](Sc1ccccc1)C(=O)N/N=C\c1cccc(C(F)(F)F)c1. The summed E-state index contributed by atoms with van der Waals surface area (Å²) >= 11 is 1.37. The molecule has 24 heavy (non-hydrogen) atoms. The van der Waals surface area contributed by atoms with Crippen molar-refractivity contribution in [3.05, 3.63) is 65.7 Å². The molecule has 0 aliphatic rings. The van der Waals surface area contributed by atoms with Crippen molar-refractivity contribution in [1.82, 2.24) is 5.43 Å². The summed E-state index contributed by atoms with van der Waals surface area (Å²) in [6.07, 6.45) is -3.22. The second kappa shape index (κ2) is 8.01. The van der Waals surface area contributed by atoms with Gasteiger partial charge in [0.25, 0.3) is 5.91 Å². The van der Waals surface area contributed by atoms with E-state index in [0.29, 0.717) is 0 Å². The molecule has 1 amide bonds. The maximum atomic E-state index is 12.6. The number of hydrogen-bond donors (Lipinski definition) is 1. The normalized spacial score (nSPS) is 13.0. The molecule has 0 saturated carbocycles. The van der Waals surface area contributed by atoms with Gasteiger partial charge in [-0.2, -0.15) is 18.3 Å². The van der Waals surface area contributed by atoms with Crippen molar-refractivity contribution in [3.8, 4) is 0 Å². The van der Waals surface area contributed by atoms with E-state index in [-0.39, 0.29) is 16.7 Å². The Labute approximate surface area is 142 Å². The fourth-order valence-corrected chi connectivity index (χ4v) is 2.70. The highest BCUT2D eigenvalue weighted by Crippen LogP contribution is 2.29. The lowest BCUT2D eigenvalue weighted by Gasteiger charge is -2.09. The first kappa shape index (κ1) is 18.1. The van der Waals surface area contributed by atoms with Crippen molar-refractivity contribution >= 4 is 23.9 Å². The molecule has 1 N–H and O–H groups in total. The second-order valence-electron chi connectivity index (χ2n) is 4.93. The van der Waals surface area contributed by atoms with E-state index >= 15 is 0 Å². The average Bonchev–Trinajstić information content (AvgIpc) is 2.55. The number of carbonyl (C=O) groups excluding carboxylic acids is 1. The highest BCUT2D eigenvalue weighted by Gasteiger charge is 2.30. The van der Waals surface area contributed by atoms with Gasteiger partial charge in [-0.25, -0.2) is 5.43 Å². The molecule has 3 nitrogen and oxygen atoms in total. The Hall–Kier alpha value is -2.28. The van der Waals surface area contributed by atoms with Crippen molar-refractivity contribution in [2.24, 2.45) is 5.10 Å². The number of alkyl halides is 3. The van der Waals surface area contributed by atoms with E-state index in [1.807, 2.05) is 30.3 Å². The van der Waals surface area contributed by atoms with E-state index in [0.717, 1.165) is 17.0 Å². The molecule has 2 rings (SSSR count). The van der Waals surface area contributed by atoms with Crippen LogP contribution in [0.2, 0.25) is 0 Å². The summed E-state index contributed by atoms with van der Waals surface area (Å²) in [5, 5.41) is 3.34. The Bertz CT molecular complexity index is 717. The first-order valence-corrected chi connectivity index (χ1v) is 7.96. The molecule has 126 valence electrons. The number of carbonyl (C=O) groups is 1. The predicted octanol–water partition coefficient (Wildman–Crippen LogP) is 4.34. The molecule has 0 aliphatic carbocycles. The summed E-state index contributed by atoms with van der Waals surface area (Å²) < 4.78 is 37.8. The molecule has 0 spiro atoms. The van der Waals surface area contributed by atoms with Crippen LogP contribution in [0.4, 0.5) is 13.2 Å². The molecule has 0 radical (unpaired) electrons. The molecule has 2 aromatic carbocycles. The largest absolute Gasteiger partial charge is 0.416 e. The number of nitrogens with one attached hydrogen (secondary N) is 1. The van der Waals surface area contributed by atoms with Crippen molar-refractivity contribution < 1.29 is 18.0 Å². The van der Waals surface area contributed by atoms with E-state index in [4.69, 9.17) is 0 Å². The lowest BCUT2D eigenvalue weighted by molar-refractivity contribution is -0.137. The zero-order chi connectivity index (χ0) is 17.6. The number of hydrogen-bond acceptors (Lipinski definition) is 3. The number of rotatable bonds is 5. The van der Waals surface area contributed by atoms with Crippen molar-refractivity contribution in [1.29, 1.82) is 0 Å². The average molecular weight is 352 g/mol. The van der Waals surface area contributed by atoms with E-state index < -0.39 is 11.7 Å². The zero-order valence-electron chi connectivity index (χ0n) is 12.7. The molecule has 1 atom stereocenters. The highest BCUT2D eigenvalue weighted by molar-refractivity contribution is 8.00. The predicted molar refractivity (Wildman–Crippen MR) is 88.9 cm³/mol. The van der Waals surface area contributed by atoms with Crippen molar-refractivity contribution in [2.75, 3.05) is 0 Å². The van der Waals surface area contributed by atoms with Crippen LogP contribution in [0.3, 0.4) is 0 Å². The van der Waals surface area contributed by atoms with Crippen LogP contribution in [0.25, 0.3) is 0 Å². The van der Waals surface area contributed by atoms with Gasteiger partial charge in [0.15, 0.2) is 0 Å². The maximum Gasteiger partial charge on any atom is 0.416 e. The maximum absolute atomic E-state index is 12.6. The zero-order valence-corrected chi connectivity index (χ0v) is 13.6. The Balaban J connectivity index is 1.92. The second-order valence-corrected chi connectivity index (χ2v) is 6.34. The van der Waals surface area contributed by atoms with Crippen molar-refractivity contribution in [2.45, 2.75) is 23.2 Å². The Kier molecular flexibility index (Phi) is 6.03. The van der Waals surface area contributed by atoms with E-state index in [2.05, 4.69) is 10.5 Å². The minimum Gasteiger partial charge on any atom is -0.272 e. The molecule has 0 unspecified atom stereocenters. The first-order chi connectivity index (χ1) is 11.4. The summed E-state index contributed by atoms with van der Waals surface area (Å²) in [5.41, 5.74) is 1.84. The summed E-state index contributed by atoms with van der Waals surface area (Å²) in [6.45, 7) is 1.73. The third kappa shape index (κ3) is 5.42. The van der Waals surface area contributed by atoms with E-state index in [9.17, 15) is 18.0 Å². The van der Waals surface area contributed by atoms with Gasteiger partial charge in [-0.1, -0.05) is 30.3 Å². The van der Waals surface area contributed by atoms with Crippen LogP contribution < -0.4 is 5.43 Å². The van der Waals surface area contributed by atoms with Crippen LogP contribution in [0.5, 0.6) is 0 Å². The fraction of sp³-hybridized carbons (Fsp3) is 0.176. The van der Waals surface area contributed by atoms with E-state index in [1.54, 1.807) is 6.92 Å². The molecule has 0 fully saturated rings. The standard InChI is InChI=1S/C17H15F3N2OS/c1-12(24-15-8-3-2-4-9-15)16(23)22-21-11-13-6-5-7-14(10-13)17(18,19)20/h2-12H,1H3,(H,22,23)/b21-11-/t12-/m1/s1. The topological polar surface area (TPSA) is 41.5 Å². The van der Waals surface area contributed by atoms with Crippen LogP contribution in [0.15, 0.2) is 64.6 Å². The summed E-state index contributed by atoms with van der Waals surface area (Å²) in [5.74, 6) is -0.327. The first-order valence-electron chi connectivity index (χ1n) is 7.08. The molecule has 0 heterocycles. The van der Waals surface area contributed by atoms with Crippen LogP contribution >= 0.6 is 11.8 Å². The van der Waals surface area contributed by atoms with Gasteiger partial charge >= 0.3 is 6.18 Å². The van der Waals surface area contributed by atoms with E-state index in [1.165, 1.54) is 30.1 Å². The number of amides is 1. The lowest BCUT2D eigenvalue weighted by atomic mass is 10.1. The molecular formula is C17H15F3N2OS. The number of hydrazone groups is 1. The van der Waals surface area contributed by atoms with Crippen LogP contribution in [0.1, 0.15) is 18.1 Å². The smallest absolute Gasteiger partial charge is 0.272 e. The minimum absolute atomic E-state index is 0.258. The van der Waals surface area contributed by atoms with Crippen molar-refractivity contribution in [3.63, 3.8) is 0 Å². The van der Waals surface area contributed by atoms with Crippen LogP contribution in [-0.2, 0) is 11.0 Å². The molecule has 0 bridgehead atoms. The van der Waals surface area contributed by atoms with Gasteiger partial charge in [0.2, 0.25) is 0 Å². The number of nitrogens with zero attached hydrogens (tertiary/aromatic N) is 1. The third-order valence-electron chi connectivity index (χ3n) is 3.03. The Morgan fingerprint density at radius 1 is 1.17 bits per heavy atom. The Morgan fingerprint density at radius 3 is 2.54 bits per heavy atom. The van der Waals surface area contributed by atoms with Gasteiger partial charge in [0.1, 0.15) is 0 Å². The van der Waals surface area contributed by atoms with Gasteiger partial charge in [0.05, 0.1) is 17.0 Å². The number of halogens is 3. The molecule has 0 aliphatic heterocycles. The molecule has 0 aromatic heterocycles.